The lowest BCUT2D eigenvalue weighted by Gasteiger charge is -2.32. The fourth-order valence-corrected chi connectivity index (χ4v) is 5.42. The average Bonchev–Trinajstić information content (AvgIpc) is 3.80. The molecule has 0 radical (unpaired) electrons. The van der Waals surface area contributed by atoms with Crippen molar-refractivity contribution in [3.63, 3.8) is 0 Å². The quantitative estimate of drug-likeness (QED) is 0.238. The number of nitrogens with one attached hydrogen (secondary N) is 2. The third-order valence-corrected chi connectivity index (χ3v) is 8.14. The van der Waals surface area contributed by atoms with Gasteiger partial charge < -0.3 is 10.6 Å². The van der Waals surface area contributed by atoms with E-state index in [-0.39, 0.29) is 29.0 Å². The standard InChI is InChI=1S/C29H29Cl2N5O4/c30-24-2-1-3-25(31)23(24)17-35-12-9-18(10-13-35)16-33-28(37)21-6-7-22(26(14-21)36(39)40)20-8-11-32-27(15-20)34-29(38)19-4-5-19/h1-3,6-8,11,14-15,18-19H,4-5,9-10,12-13,16-17H2,(H,33,37)(H,32,34,38). The molecule has 11 heteroatoms. The summed E-state index contributed by atoms with van der Waals surface area (Å²) in [5.41, 5.74) is 1.83. The van der Waals surface area contributed by atoms with Crippen LogP contribution in [0.2, 0.25) is 10.0 Å². The molecule has 1 aliphatic heterocycles. The molecule has 1 saturated carbocycles. The monoisotopic (exact) mass is 581 g/mol. The summed E-state index contributed by atoms with van der Waals surface area (Å²) >= 11 is 12.6. The van der Waals surface area contributed by atoms with Crippen LogP contribution in [0.15, 0.2) is 54.7 Å². The Morgan fingerprint density at radius 2 is 1.75 bits per heavy atom. The summed E-state index contributed by atoms with van der Waals surface area (Å²) in [7, 11) is 0. The molecule has 3 aromatic rings. The number of benzene rings is 2. The van der Waals surface area contributed by atoms with Crippen molar-refractivity contribution in [3.05, 3.63) is 86.0 Å². The molecule has 0 spiro atoms. The highest BCUT2D eigenvalue weighted by Crippen LogP contribution is 2.33. The number of anilines is 1. The van der Waals surface area contributed by atoms with Gasteiger partial charge in [0.1, 0.15) is 5.82 Å². The Labute approximate surface area is 242 Å². The Hall–Kier alpha value is -3.53. The summed E-state index contributed by atoms with van der Waals surface area (Å²) in [6.45, 7) is 2.89. The Balaban J connectivity index is 1.18. The number of carbonyl (C=O) groups is 2. The first-order valence-electron chi connectivity index (χ1n) is 13.3. The number of nitro benzene ring substituents is 1. The van der Waals surface area contributed by atoms with Gasteiger partial charge in [0.15, 0.2) is 0 Å². The third kappa shape index (κ3) is 6.78. The molecule has 2 N–H and O–H groups in total. The summed E-state index contributed by atoms with van der Waals surface area (Å²) in [6.07, 6.45) is 5.03. The Morgan fingerprint density at radius 1 is 1.02 bits per heavy atom. The van der Waals surface area contributed by atoms with Gasteiger partial charge in [-0.15, -0.1) is 0 Å². The van der Waals surface area contributed by atoms with Crippen molar-refractivity contribution in [2.45, 2.75) is 32.2 Å². The first-order chi connectivity index (χ1) is 19.3. The molecule has 2 aromatic carbocycles. The number of aromatic nitrogens is 1. The summed E-state index contributed by atoms with van der Waals surface area (Å²) < 4.78 is 0. The number of nitrogens with zero attached hydrogens (tertiary/aromatic N) is 3. The van der Waals surface area contributed by atoms with Crippen molar-refractivity contribution in [1.29, 1.82) is 0 Å². The van der Waals surface area contributed by atoms with Crippen LogP contribution < -0.4 is 10.6 Å². The number of carbonyl (C=O) groups excluding carboxylic acids is 2. The maximum Gasteiger partial charge on any atom is 0.277 e. The van der Waals surface area contributed by atoms with Gasteiger partial charge in [0.2, 0.25) is 5.91 Å². The molecule has 1 saturated heterocycles. The smallest absolute Gasteiger partial charge is 0.277 e. The highest BCUT2D eigenvalue weighted by Gasteiger charge is 2.30. The number of piperidine rings is 1. The Kier molecular flexibility index (Phi) is 8.63. The average molecular weight is 582 g/mol. The maximum absolute atomic E-state index is 12.9. The molecule has 2 fully saturated rings. The lowest BCUT2D eigenvalue weighted by molar-refractivity contribution is -0.384. The summed E-state index contributed by atoms with van der Waals surface area (Å²) in [4.78, 5) is 42.9. The molecule has 1 aromatic heterocycles. The summed E-state index contributed by atoms with van der Waals surface area (Å²) in [5, 5.41) is 18.9. The van der Waals surface area contributed by atoms with Gasteiger partial charge in [0.25, 0.3) is 11.6 Å². The zero-order valence-electron chi connectivity index (χ0n) is 21.7. The van der Waals surface area contributed by atoms with Crippen molar-refractivity contribution < 1.29 is 14.5 Å². The van der Waals surface area contributed by atoms with Gasteiger partial charge >= 0.3 is 0 Å². The van der Waals surface area contributed by atoms with E-state index >= 15 is 0 Å². The van der Waals surface area contributed by atoms with Gasteiger partial charge in [-0.25, -0.2) is 4.98 Å². The third-order valence-electron chi connectivity index (χ3n) is 7.43. The number of amides is 2. The summed E-state index contributed by atoms with van der Waals surface area (Å²) in [6, 6.07) is 13.2. The number of hydrogen-bond donors (Lipinski definition) is 2. The second-order valence-electron chi connectivity index (χ2n) is 10.3. The molecule has 2 amide bonds. The van der Waals surface area contributed by atoms with Crippen molar-refractivity contribution in [2.24, 2.45) is 11.8 Å². The molecular formula is C29H29Cl2N5O4. The highest BCUT2D eigenvalue weighted by atomic mass is 35.5. The molecule has 0 atom stereocenters. The minimum Gasteiger partial charge on any atom is -0.352 e. The van der Waals surface area contributed by atoms with Gasteiger partial charge in [-0.05, 0) is 86.7 Å². The number of rotatable bonds is 9. The zero-order valence-corrected chi connectivity index (χ0v) is 23.3. The minimum absolute atomic E-state index is 0.0117. The van der Waals surface area contributed by atoms with Crippen LogP contribution in [-0.4, -0.2) is 46.3 Å². The van der Waals surface area contributed by atoms with E-state index in [1.807, 2.05) is 18.2 Å². The fraction of sp³-hybridized carbons (Fsp3) is 0.345. The van der Waals surface area contributed by atoms with Gasteiger partial charge in [-0.3, -0.25) is 24.6 Å². The van der Waals surface area contributed by atoms with Crippen LogP contribution >= 0.6 is 23.2 Å². The topological polar surface area (TPSA) is 117 Å². The summed E-state index contributed by atoms with van der Waals surface area (Å²) in [5.74, 6) is 0.204. The second-order valence-corrected chi connectivity index (χ2v) is 11.1. The normalized spacial score (nSPS) is 15.9. The van der Waals surface area contributed by atoms with Crippen LogP contribution in [0, 0.1) is 22.0 Å². The highest BCUT2D eigenvalue weighted by molar-refractivity contribution is 6.35. The largest absolute Gasteiger partial charge is 0.352 e. The van der Waals surface area contributed by atoms with Gasteiger partial charge in [-0.1, -0.05) is 29.3 Å². The lowest BCUT2D eigenvalue weighted by Crippen LogP contribution is -2.38. The van der Waals surface area contributed by atoms with Crippen LogP contribution in [-0.2, 0) is 11.3 Å². The van der Waals surface area contributed by atoms with Crippen LogP contribution in [0.4, 0.5) is 11.5 Å². The molecule has 2 aliphatic rings. The van der Waals surface area contributed by atoms with Crippen LogP contribution in [0.1, 0.15) is 41.6 Å². The van der Waals surface area contributed by atoms with E-state index < -0.39 is 4.92 Å². The van der Waals surface area contributed by atoms with E-state index in [0.29, 0.717) is 46.0 Å². The molecule has 1 aliphatic carbocycles. The molecule has 208 valence electrons. The molecular weight excluding hydrogens is 553 g/mol. The van der Waals surface area contributed by atoms with Crippen molar-refractivity contribution >= 4 is 46.5 Å². The van der Waals surface area contributed by atoms with Crippen LogP contribution in [0.3, 0.4) is 0 Å². The van der Waals surface area contributed by atoms with E-state index in [9.17, 15) is 19.7 Å². The van der Waals surface area contributed by atoms with E-state index in [1.165, 1.54) is 12.3 Å². The predicted octanol–water partition coefficient (Wildman–Crippen LogP) is 5.95. The number of halogens is 2. The van der Waals surface area contributed by atoms with E-state index in [2.05, 4.69) is 20.5 Å². The lowest BCUT2D eigenvalue weighted by atomic mass is 9.96. The fourth-order valence-electron chi connectivity index (χ4n) is 4.90. The Bertz CT molecular complexity index is 1420. The van der Waals surface area contributed by atoms with E-state index in [0.717, 1.165) is 44.3 Å². The van der Waals surface area contributed by atoms with Gasteiger partial charge in [0.05, 0.1) is 10.5 Å². The van der Waals surface area contributed by atoms with Gasteiger partial charge in [0, 0.05) is 52.4 Å². The number of nitro groups is 1. The molecule has 5 rings (SSSR count). The maximum atomic E-state index is 12.9. The molecule has 2 heterocycles. The van der Waals surface area contributed by atoms with Crippen molar-refractivity contribution in [3.8, 4) is 11.1 Å². The van der Waals surface area contributed by atoms with E-state index in [1.54, 1.807) is 24.3 Å². The molecule has 0 unspecified atom stereocenters. The predicted molar refractivity (Wildman–Crippen MR) is 154 cm³/mol. The number of hydrogen-bond acceptors (Lipinski definition) is 6. The SMILES string of the molecule is O=C(NCC1CCN(Cc2c(Cl)cccc2Cl)CC1)c1ccc(-c2ccnc(NC(=O)C3CC3)c2)c([N+](=O)[O-])c1. The number of likely N-dealkylation sites (tertiary alicyclic amines) is 1. The second kappa shape index (κ2) is 12.3. The zero-order chi connectivity index (χ0) is 28.2. The first-order valence-corrected chi connectivity index (χ1v) is 14.0. The molecule has 40 heavy (non-hydrogen) atoms. The van der Waals surface area contributed by atoms with Crippen LogP contribution in [0.5, 0.6) is 0 Å². The Morgan fingerprint density at radius 3 is 2.42 bits per heavy atom. The van der Waals surface area contributed by atoms with Crippen LogP contribution in [0.25, 0.3) is 11.1 Å². The minimum atomic E-state index is -0.504. The van der Waals surface area contributed by atoms with E-state index in [4.69, 9.17) is 23.2 Å². The molecule has 0 bridgehead atoms. The first kappa shape index (κ1) is 28.0. The van der Waals surface area contributed by atoms with Crippen molar-refractivity contribution in [2.75, 3.05) is 25.0 Å². The van der Waals surface area contributed by atoms with Crippen molar-refractivity contribution in [1.82, 2.24) is 15.2 Å². The number of pyridine rings is 1. The van der Waals surface area contributed by atoms with Gasteiger partial charge in [-0.2, -0.15) is 0 Å². The molecule has 9 nitrogen and oxygen atoms in total.